The summed E-state index contributed by atoms with van der Waals surface area (Å²) in [6.07, 6.45) is 6.81. The van der Waals surface area contributed by atoms with Gasteiger partial charge in [-0.15, -0.1) is 0 Å². The molecule has 1 aliphatic rings. The second-order valence-electron chi connectivity index (χ2n) is 6.96. The van der Waals surface area contributed by atoms with Gasteiger partial charge in [0.15, 0.2) is 5.96 Å². The zero-order chi connectivity index (χ0) is 16.5. The number of nitrogens with one attached hydrogen (secondary N) is 2. The summed E-state index contributed by atoms with van der Waals surface area (Å²) >= 11 is 0. The molecule has 0 aliphatic carbocycles. The highest BCUT2D eigenvalue weighted by Gasteiger charge is 2.20. The third kappa shape index (κ3) is 6.65. The van der Waals surface area contributed by atoms with Crippen molar-refractivity contribution >= 4 is 5.96 Å². The molecule has 0 radical (unpaired) electrons. The molecule has 0 spiro atoms. The molecule has 0 saturated carbocycles. The molecule has 1 atom stereocenters. The molecule has 1 unspecified atom stereocenters. The second-order valence-corrected chi connectivity index (χ2v) is 6.96. The predicted molar refractivity (Wildman–Crippen MR) is 97.8 cm³/mol. The Morgan fingerprint density at radius 1 is 1.26 bits per heavy atom. The van der Waals surface area contributed by atoms with Crippen LogP contribution < -0.4 is 10.6 Å². The molecule has 5 heteroatoms. The van der Waals surface area contributed by atoms with Gasteiger partial charge in [0.25, 0.3) is 0 Å². The van der Waals surface area contributed by atoms with E-state index in [0.29, 0.717) is 0 Å². The molecule has 0 aromatic carbocycles. The number of piperidine rings is 1. The summed E-state index contributed by atoms with van der Waals surface area (Å²) in [4.78, 5) is 6.94. The van der Waals surface area contributed by atoms with Gasteiger partial charge in [-0.3, -0.25) is 4.99 Å². The lowest BCUT2D eigenvalue weighted by molar-refractivity contribution is 0.159. The standard InChI is InChI=1S/C18H33N5/c1-16(2)14-23-11-6-7-17(15-23)13-21-18(19-3)20-8-12-22-9-4-5-10-22/h4-5,9-10,16-17H,6-8,11-15H2,1-3H3,(H2,19,20,21). The predicted octanol–water partition coefficient (Wildman–Crippen LogP) is 2.02. The Kier molecular flexibility index (Phi) is 7.46. The lowest BCUT2D eigenvalue weighted by Gasteiger charge is -2.34. The first-order valence-electron chi connectivity index (χ1n) is 8.95. The van der Waals surface area contributed by atoms with Gasteiger partial charge in [0.05, 0.1) is 0 Å². The van der Waals surface area contributed by atoms with Crippen LogP contribution in [0, 0.1) is 11.8 Å². The third-order valence-electron chi connectivity index (χ3n) is 4.34. The van der Waals surface area contributed by atoms with E-state index in [1.165, 1.54) is 32.5 Å². The molecule has 1 saturated heterocycles. The Hall–Kier alpha value is -1.49. The van der Waals surface area contributed by atoms with Crippen LogP contribution in [-0.2, 0) is 6.54 Å². The lowest BCUT2D eigenvalue weighted by atomic mass is 9.97. The molecule has 2 N–H and O–H groups in total. The summed E-state index contributed by atoms with van der Waals surface area (Å²) in [5, 5.41) is 6.89. The molecule has 2 rings (SSSR count). The van der Waals surface area contributed by atoms with Crippen molar-refractivity contribution in [2.75, 3.05) is 39.8 Å². The van der Waals surface area contributed by atoms with Gasteiger partial charge in [-0.1, -0.05) is 13.8 Å². The summed E-state index contributed by atoms with van der Waals surface area (Å²) in [6, 6.07) is 4.11. The Balaban J connectivity index is 1.66. The van der Waals surface area contributed by atoms with Gasteiger partial charge < -0.3 is 20.1 Å². The van der Waals surface area contributed by atoms with E-state index < -0.39 is 0 Å². The highest BCUT2D eigenvalue weighted by molar-refractivity contribution is 5.79. The Labute approximate surface area is 141 Å². The van der Waals surface area contributed by atoms with Crippen LogP contribution >= 0.6 is 0 Å². The van der Waals surface area contributed by atoms with E-state index in [2.05, 4.69) is 63.5 Å². The molecule has 23 heavy (non-hydrogen) atoms. The zero-order valence-electron chi connectivity index (χ0n) is 15.0. The van der Waals surface area contributed by atoms with Gasteiger partial charge in [-0.05, 0) is 43.4 Å². The monoisotopic (exact) mass is 319 g/mol. The van der Waals surface area contributed by atoms with E-state index in [9.17, 15) is 0 Å². The fourth-order valence-electron chi connectivity index (χ4n) is 3.28. The average molecular weight is 319 g/mol. The Morgan fingerprint density at radius 2 is 2.04 bits per heavy atom. The van der Waals surface area contributed by atoms with E-state index in [0.717, 1.165) is 37.4 Å². The number of guanidine groups is 1. The molecule has 0 amide bonds. The van der Waals surface area contributed by atoms with Gasteiger partial charge >= 0.3 is 0 Å². The van der Waals surface area contributed by atoms with Crippen molar-refractivity contribution in [1.29, 1.82) is 0 Å². The van der Waals surface area contributed by atoms with E-state index in [4.69, 9.17) is 0 Å². The van der Waals surface area contributed by atoms with Gasteiger partial charge in [0.2, 0.25) is 0 Å². The van der Waals surface area contributed by atoms with Crippen LogP contribution in [0.3, 0.4) is 0 Å². The summed E-state index contributed by atoms with van der Waals surface area (Å²) < 4.78 is 2.17. The first-order valence-corrected chi connectivity index (χ1v) is 8.95. The maximum atomic E-state index is 4.33. The minimum absolute atomic E-state index is 0.727. The van der Waals surface area contributed by atoms with Gasteiger partial charge in [0, 0.05) is 52.2 Å². The van der Waals surface area contributed by atoms with E-state index in [1.54, 1.807) is 0 Å². The summed E-state index contributed by atoms with van der Waals surface area (Å²) in [7, 11) is 1.84. The highest BCUT2D eigenvalue weighted by atomic mass is 15.2. The van der Waals surface area contributed by atoms with E-state index in [1.807, 2.05) is 7.05 Å². The smallest absolute Gasteiger partial charge is 0.191 e. The van der Waals surface area contributed by atoms with Crippen molar-refractivity contribution in [1.82, 2.24) is 20.1 Å². The molecule has 1 aliphatic heterocycles. The fourth-order valence-corrected chi connectivity index (χ4v) is 3.28. The Bertz CT molecular complexity index is 452. The average Bonchev–Trinajstić information content (AvgIpc) is 3.03. The van der Waals surface area contributed by atoms with Gasteiger partial charge in [0.1, 0.15) is 0 Å². The van der Waals surface area contributed by atoms with Crippen molar-refractivity contribution in [3.63, 3.8) is 0 Å². The van der Waals surface area contributed by atoms with Crippen LogP contribution in [0.25, 0.3) is 0 Å². The van der Waals surface area contributed by atoms with Crippen molar-refractivity contribution < 1.29 is 0 Å². The SMILES string of the molecule is CN=C(NCCn1cccc1)NCC1CCCN(CC(C)C)C1. The van der Waals surface area contributed by atoms with Crippen LogP contribution in [0.5, 0.6) is 0 Å². The van der Waals surface area contributed by atoms with Crippen LogP contribution in [-0.4, -0.2) is 55.2 Å². The summed E-state index contributed by atoms with van der Waals surface area (Å²) in [5.41, 5.74) is 0. The normalized spacial score (nSPS) is 20.0. The molecule has 130 valence electrons. The van der Waals surface area contributed by atoms with Gasteiger partial charge in [-0.2, -0.15) is 0 Å². The lowest BCUT2D eigenvalue weighted by Crippen LogP contribution is -2.45. The van der Waals surface area contributed by atoms with E-state index >= 15 is 0 Å². The van der Waals surface area contributed by atoms with Crippen LogP contribution in [0.2, 0.25) is 0 Å². The summed E-state index contributed by atoms with van der Waals surface area (Å²) in [6.45, 7) is 11.2. The molecule has 1 aromatic rings. The van der Waals surface area contributed by atoms with Crippen LogP contribution in [0.15, 0.2) is 29.5 Å². The number of hydrogen-bond acceptors (Lipinski definition) is 2. The van der Waals surface area contributed by atoms with Crippen molar-refractivity contribution in [3.8, 4) is 0 Å². The third-order valence-corrected chi connectivity index (χ3v) is 4.34. The zero-order valence-corrected chi connectivity index (χ0v) is 15.0. The molecule has 5 nitrogen and oxygen atoms in total. The molecule has 1 fully saturated rings. The van der Waals surface area contributed by atoms with Crippen molar-refractivity contribution in [2.45, 2.75) is 33.2 Å². The maximum absolute atomic E-state index is 4.33. The van der Waals surface area contributed by atoms with Crippen LogP contribution in [0.4, 0.5) is 0 Å². The fraction of sp³-hybridized carbons (Fsp3) is 0.722. The first kappa shape index (κ1) is 17.9. The highest BCUT2D eigenvalue weighted by Crippen LogP contribution is 2.16. The largest absolute Gasteiger partial charge is 0.356 e. The van der Waals surface area contributed by atoms with Crippen molar-refractivity contribution in [3.05, 3.63) is 24.5 Å². The number of aliphatic imine (C=N–C) groups is 1. The topological polar surface area (TPSA) is 44.6 Å². The number of hydrogen-bond donors (Lipinski definition) is 2. The molecular formula is C18H33N5. The maximum Gasteiger partial charge on any atom is 0.191 e. The van der Waals surface area contributed by atoms with Gasteiger partial charge in [-0.25, -0.2) is 0 Å². The minimum atomic E-state index is 0.727. The molecule has 0 bridgehead atoms. The molecule has 2 heterocycles. The van der Waals surface area contributed by atoms with Crippen molar-refractivity contribution in [2.24, 2.45) is 16.8 Å². The minimum Gasteiger partial charge on any atom is -0.356 e. The first-order chi connectivity index (χ1) is 11.2. The van der Waals surface area contributed by atoms with E-state index in [-0.39, 0.29) is 0 Å². The number of likely N-dealkylation sites (tertiary alicyclic amines) is 1. The molecular weight excluding hydrogens is 286 g/mol. The number of nitrogens with zero attached hydrogens (tertiary/aromatic N) is 3. The Morgan fingerprint density at radius 3 is 2.74 bits per heavy atom. The number of aromatic nitrogens is 1. The van der Waals surface area contributed by atoms with Crippen LogP contribution in [0.1, 0.15) is 26.7 Å². The summed E-state index contributed by atoms with van der Waals surface area (Å²) in [5.74, 6) is 2.40. The molecule has 1 aromatic heterocycles. The quantitative estimate of drug-likeness (QED) is 0.597. The number of rotatable bonds is 7. The second kappa shape index (κ2) is 9.60.